The van der Waals surface area contributed by atoms with Crippen LogP contribution in [-0.2, 0) is 0 Å². The smallest absolute Gasteiger partial charge is 0.387 e. The van der Waals surface area contributed by atoms with Crippen molar-refractivity contribution in [1.29, 1.82) is 0 Å². The van der Waals surface area contributed by atoms with Crippen LogP contribution in [-0.4, -0.2) is 11.2 Å². The van der Waals surface area contributed by atoms with Crippen LogP contribution in [0.2, 0.25) is 10.0 Å². The number of hydrogen-bond acceptors (Lipinski definition) is 4. The molecule has 4 aromatic rings. The van der Waals surface area contributed by atoms with Gasteiger partial charge in [-0.1, -0.05) is 70.9 Å². The Hall–Kier alpha value is -3.52. The molecule has 202 valence electrons. The molecule has 1 unspecified atom stereocenters. The van der Waals surface area contributed by atoms with Gasteiger partial charge in [-0.2, -0.15) is 8.78 Å². The first-order valence-electron chi connectivity index (χ1n) is 12.7. The van der Waals surface area contributed by atoms with Gasteiger partial charge in [0.2, 0.25) is 0 Å². The van der Waals surface area contributed by atoms with Crippen molar-refractivity contribution in [2.24, 2.45) is 4.99 Å². The average molecular weight is 595 g/mol. The van der Waals surface area contributed by atoms with Crippen molar-refractivity contribution in [2.75, 3.05) is 0 Å². The third-order valence-corrected chi connectivity index (χ3v) is 8.42. The van der Waals surface area contributed by atoms with Crippen molar-refractivity contribution in [3.05, 3.63) is 136 Å². The minimum atomic E-state index is -2.90. The van der Waals surface area contributed by atoms with E-state index in [1.807, 2.05) is 48.5 Å². The fraction of sp³-hybridized carbons (Fsp3) is 0.161. The highest BCUT2D eigenvalue weighted by atomic mass is 35.5. The summed E-state index contributed by atoms with van der Waals surface area (Å²) in [5, 5.41) is 1.30. The average Bonchev–Trinajstić information content (AvgIpc) is 3.25. The van der Waals surface area contributed by atoms with E-state index in [-0.39, 0.29) is 17.4 Å². The Kier molecular flexibility index (Phi) is 7.45. The van der Waals surface area contributed by atoms with Gasteiger partial charge >= 0.3 is 6.61 Å². The molecule has 2 heterocycles. The topological polar surface area (TPSA) is 43.6 Å². The normalized spacial score (nSPS) is 18.1. The number of allylic oxidation sites excluding steroid dienone is 2. The molecule has 9 heteroatoms. The van der Waals surface area contributed by atoms with Crippen molar-refractivity contribution in [2.45, 2.75) is 31.9 Å². The predicted octanol–water partition coefficient (Wildman–Crippen LogP) is 7.39. The number of nitrogens with zero attached hydrogens (tertiary/aromatic N) is 2. The van der Waals surface area contributed by atoms with Gasteiger partial charge in [-0.25, -0.2) is 4.99 Å². The van der Waals surface area contributed by atoms with Gasteiger partial charge in [0.25, 0.3) is 5.56 Å². The Morgan fingerprint density at radius 1 is 0.900 bits per heavy atom. The zero-order chi connectivity index (χ0) is 27.8. The van der Waals surface area contributed by atoms with E-state index in [9.17, 15) is 13.6 Å². The summed E-state index contributed by atoms with van der Waals surface area (Å²) < 4.78 is 31.8. The summed E-state index contributed by atoms with van der Waals surface area (Å²) in [7, 11) is 0. The van der Waals surface area contributed by atoms with Gasteiger partial charge in [-0.05, 0) is 95.6 Å². The molecule has 4 nitrogen and oxygen atoms in total. The number of alkyl halides is 2. The molecule has 1 aromatic heterocycles. The number of aromatic nitrogens is 1. The minimum absolute atomic E-state index is 0.0593. The summed E-state index contributed by atoms with van der Waals surface area (Å²) in [6.45, 7) is -2.90. The fourth-order valence-corrected chi connectivity index (χ4v) is 6.41. The Balaban J connectivity index is 1.50. The first-order chi connectivity index (χ1) is 19.4. The van der Waals surface area contributed by atoms with Gasteiger partial charge in [0.1, 0.15) is 5.75 Å². The van der Waals surface area contributed by atoms with Crippen molar-refractivity contribution in [1.82, 2.24) is 4.57 Å². The maximum absolute atomic E-state index is 13.8. The van der Waals surface area contributed by atoms with Gasteiger partial charge in [0, 0.05) is 10.0 Å². The Bertz CT molecular complexity index is 1810. The third-order valence-electron chi connectivity index (χ3n) is 6.93. The zero-order valence-corrected chi connectivity index (χ0v) is 23.3. The number of ether oxygens (including phenoxy) is 1. The van der Waals surface area contributed by atoms with Gasteiger partial charge in [0.15, 0.2) is 4.80 Å². The van der Waals surface area contributed by atoms with Gasteiger partial charge < -0.3 is 4.74 Å². The first-order valence-corrected chi connectivity index (χ1v) is 14.2. The molecule has 1 atom stereocenters. The Labute approximate surface area is 242 Å². The second kappa shape index (κ2) is 11.2. The Morgan fingerprint density at radius 2 is 1.52 bits per heavy atom. The van der Waals surface area contributed by atoms with E-state index in [4.69, 9.17) is 28.2 Å². The second-order valence-corrected chi connectivity index (χ2v) is 11.4. The van der Waals surface area contributed by atoms with Gasteiger partial charge in [-0.3, -0.25) is 9.36 Å². The van der Waals surface area contributed by atoms with E-state index in [2.05, 4.69) is 10.8 Å². The highest BCUT2D eigenvalue weighted by Gasteiger charge is 2.32. The molecule has 0 fully saturated rings. The number of fused-ring (bicyclic) bond motifs is 1. The molecule has 1 aliphatic heterocycles. The van der Waals surface area contributed by atoms with E-state index in [1.54, 1.807) is 22.8 Å². The number of benzene rings is 3. The largest absolute Gasteiger partial charge is 0.435 e. The molecule has 6 rings (SSSR count). The standard InChI is InChI=1S/C31H22Cl2F2N2O2S/c32-22-10-4-18(5-11-22)16-21-2-1-3-25-27(21)36-31-37(28(25)20-8-12-23(33)13-9-20)29(38)26(40-31)17-19-6-14-24(15-7-19)39-30(34)35/h4-17,28,30H,1-3H2/b21-16+,26-17-. The highest BCUT2D eigenvalue weighted by molar-refractivity contribution is 7.07. The summed E-state index contributed by atoms with van der Waals surface area (Å²) in [6, 6.07) is 21.2. The summed E-state index contributed by atoms with van der Waals surface area (Å²) in [5.41, 5.74) is 5.67. The summed E-state index contributed by atoms with van der Waals surface area (Å²) in [4.78, 5) is 19.5. The van der Waals surface area contributed by atoms with Crippen molar-refractivity contribution in [3.8, 4) is 5.75 Å². The molecular formula is C31H22Cl2F2N2O2S. The molecule has 3 aromatic carbocycles. The molecule has 2 aliphatic rings. The second-order valence-electron chi connectivity index (χ2n) is 9.53. The minimum Gasteiger partial charge on any atom is -0.435 e. The lowest BCUT2D eigenvalue weighted by molar-refractivity contribution is -0.0498. The van der Waals surface area contributed by atoms with E-state index >= 15 is 0 Å². The lowest BCUT2D eigenvalue weighted by atomic mass is 9.84. The number of thiazole rings is 1. The lowest BCUT2D eigenvalue weighted by Crippen LogP contribution is -2.39. The van der Waals surface area contributed by atoms with Crippen LogP contribution in [0, 0.1) is 0 Å². The van der Waals surface area contributed by atoms with Crippen LogP contribution in [0.3, 0.4) is 0 Å². The van der Waals surface area contributed by atoms with Crippen LogP contribution >= 0.6 is 34.5 Å². The van der Waals surface area contributed by atoms with E-state index in [0.717, 1.165) is 47.2 Å². The van der Waals surface area contributed by atoms with Crippen LogP contribution in [0.5, 0.6) is 5.75 Å². The quantitative estimate of drug-likeness (QED) is 0.242. The van der Waals surface area contributed by atoms with E-state index in [1.165, 1.54) is 23.5 Å². The van der Waals surface area contributed by atoms with Crippen molar-refractivity contribution >= 4 is 46.7 Å². The van der Waals surface area contributed by atoms with Crippen LogP contribution in [0.25, 0.3) is 12.2 Å². The van der Waals surface area contributed by atoms with Gasteiger partial charge in [0.05, 0.1) is 16.3 Å². The van der Waals surface area contributed by atoms with Crippen molar-refractivity contribution < 1.29 is 13.5 Å². The monoisotopic (exact) mass is 594 g/mol. The molecule has 0 N–H and O–H groups in total. The molecule has 0 saturated carbocycles. The molecule has 1 aliphatic carbocycles. The molecule has 0 amide bonds. The SMILES string of the molecule is O=c1/c(=C/c2ccc(OC(F)F)cc2)sc2n1C(c1ccc(Cl)cc1)C1=C(N=2)/C(=C/c2ccc(Cl)cc2)CCC1. The van der Waals surface area contributed by atoms with Crippen LogP contribution in [0.4, 0.5) is 8.78 Å². The summed E-state index contributed by atoms with van der Waals surface area (Å²) >= 11 is 13.6. The number of rotatable bonds is 5. The predicted molar refractivity (Wildman–Crippen MR) is 156 cm³/mol. The Morgan fingerprint density at radius 3 is 2.20 bits per heavy atom. The summed E-state index contributed by atoms with van der Waals surface area (Å²) in [6.07, 6.45) is 6.53. The van der Waals surface area contributed by atoms with E-state index in [0.29, 0.717) is 24.9 Å². The van der Waals surface area contributed by atoms with Crippen LogP contribution in [0.1, 0.15) is 42.0 Å². The number of hydrogen-bond donors (Lipinski definition) is 0. The van der Waals surface area contributed by atoms with Crippen LogP contribution < -0.4 is 19.6 Å². The highest BCUT2D eigenvalue weighted by Crippen LogP contribution is 2.41. The summed E-state index contributed by atoms with van der Waals surface area (Å²) in [5.74, 6) is 0.0593. The number of halogens is 4. The van der Waals surface area contributed by atoms with Crippen LogP contribution in [0.15, 0.2) is 99.4 Å². The molecule has 40 heavy (non-hydrogen) atoms. The van der Waals surface area contributed by atoms with Crippen molar-refractivity contribution in [3.63, 3.8) is 0 Å². The first kappa shape index (κ1) is 26.7. The fourth-order valence-electron chi connectivity index (χ4n) is 5.16. The molecule has 0 saturated heterocycles. The molecule has 0 spiro atoms. The molecular weight excluding hydrogens is 573 g/mol. The molecule has 0 radical (unpaired) electrons. The van der Waals surface area contributed by atoms with Gasteiger partial charge in [-0.15, -0.1) is 0 Å². The maximum atomic E-state index is 13.8. The lowest BCUT2D eigenvalue weighted by Gasteiger charge is -2.31. The van der Waals surface area contributed by atoms with E-state index < -0.39 is 6.61 Å². The molecule has 0 bridgehead atoms. The zero-order valence-electron chi connectivity index (χ0n) is 21.0. The maximum Gasteiger partial charge on any atom is 0.387 e. The third kappa shape index (κ3) is 5.42.